The fraction of sp³-hybridized carbons (Fsp3) is 0.294. The van der Waals surface area contributed by atoms with E-state index in [-0.39, 0.29) is 10.5 Å². The minimum atomic E-state index is -3.77. The molecule has 0 fully saturated rings. The average molecular weight is 337 g/mol. The standard InChI is InChI=1S/C17H17F2NO2S/c1-11(16-8-6-14(18)10-17(16)19)20-23(21,22)15-7-5-12-3-2-4-13(12)9-15/h5-11,20H,2-4H2,1H3. The molecule has 0 saturated heterocycles. The molecule has 0 spiro atoms. The molecular weight excluding hydrogens is 320 g/mol. The van der Waals surface area contributed by atoms with E-state index in [4.69, 9.17) is 0 Å². The van der Waals surface area contributed by atoms with Crippen molar-refractivity contribution in [1.82, 2.24) is 4.72 Å². The lowest BCUT2D eigenvalue weighted by Gasteiger charge is -2.16. The van der Waals surface area contributed by atoms with Crippen molar-refractivity contribution < 1.29 is 17.2 Å². The molecule has 2 aromatic rings. The molecule has 0 bridgehead atoms. The third kappa shape index (κ3) is 3.28. The highest BCUT2D eigenvalue weighted by Crippen LogP contribution is 2.26. The van der Waals surface area contributed by atoms with Crippen LogP contribution in [0.15, 0.2) is 41.3 Å². The Morgan fingerprint density at radius 2 is 1.78 bits per heavy atom. The summed E-state index contributed by atoms with van der Waals surface area (Å²) in [5, 5.41) is 0. The summed E-state index contributed by atoms with van der Waals surface area (Å²) < 4.78 is 54.2. The molecule has 1 N–H and O–H groups in total. The van der Waals surface area contributed by atoms with Gasteiger partial charge in [0.25, 0.3) is 0 Å². The Hall–Kier alpha value is -1.79. The van der Waals surface area contributed by atoms with Crippen LogP contribution in [-0.2, 0) is 22.9 Å². The van der Waals surface area contributed by atoms with E-state index in [0.717, 1.165) is 37.0 Å². The van der Waals surface area contributed by atoms with Gasteiger partial charge in [-0.05, 0) is 55.5 Å². The Morgan fingerprint density at radius 1 is 1.04 bits per heavy atom. The number of hydrogen-bond acceptors (Lipinski definition) is 2. The zero-order chi connectivity index (χ0) is 16.6. The lowest BCUT2D eigenvalue weighted by atomic mass is 10.1. The number of aryl methyl sites for hydroxylation is 2. The van der Waals surface area contributed by atoms with Crippen molar-refractivity contribution in [3.05, 3.63) is 64.7 Å². The van der Waals surface area contributed by atoms with Crippen LogP contribution in [0.4, 0.5) is 8.78 Å². The lowest BCUT2D eigenvalue weighted by Crippen LogP contribution is -2.27. The van der Waals surface area contributed by atoms with Crippen molar-refractivity contribution >= 4 is 10.0 Å². The number of fused-ring (bicyclic) bond motifs is 1. The van der Waals surface area contributed by atoms with Crippen LogP contribution in [0.1, 0.15) is 36.1 Å². The van der Waals surface area contributed by atoms with E-state index < -0.39 is 27.7 Å². The van der Waals surface area contributed by atoms with Crippen LogP contribution in [0.2, 0.25) is 0 Å². The first kappa shape index (κ1) is 16.1. The van der Waals surface area contributed by atoms with Crippen LogP contribution in [0, 0.1) is 11.6 Å². The largest absolute Gasteiger partial charge is 0.241 e. The molecule has 1 aliphatic rings. The van der Waals surface area contributed by atoms with Crippen LogP contribution in [0.25, 0.3) is 0 Å². The highest BCUT2D eigenvalue weighted by molar-refractivity contribution is 7.89. The van der Waals surface area contributed by atoms with Gasteiger partial charge in [0.15, 0.2) is 0 Å². The summed E-state index contributed by atoms with van der Waals surface area (Å²) in [4.78, 5) is 0.174. The number of rotatable bonds is 4. The highest BCUT2D eigenvalue weighted by Gasteiger charge is 2.22. The Labute approximate surface area is 134 Å². The average Bonchev–Trinajstić information content (AvgIpc) is 2.93. The fourth-order valence-corrected chi connectivity index (χ4v) is 4.21. The maximum absolute atomic E-state index is 13.8. The number of sulfonamides is 1. The summed E-state index contributed by atoms with van der Waals surface area (Å²) in [5.74, 6) is -1.46. The smallest absolute Gasteiger partial charge is 0.207 e. The summed E-state index contributed by atoms with van der Waals surface area (Å²) >= 11 is 0. The first-order valence-corrected chi connectivity index (χ1v) is 8.94. The molecule has 0 aliphatic heterocycles. The second kappa shape index (κ2) is 6.02. The van der Waals surface area contributed by atoms with Gasteiger partial charge < -0.3 is 0 Å². The third-order valence-corrected chi connectivity index (χ3v) is 5.68. The molecule has 6 heteroatoms. The summed E-state index contributed by atoms with van der Waals surface area (Å²) in [5.41, 5.74) is 2.34. The van der Waals surface area contributed by atoms with Gasteiger partial charge in [-0.1, -0.05) is 12.1 Å². The van der Waals surface area contributed by atoms with Crippen molar-refractivity contribution in [2.75, 3.05) is 0 Å². The van der Waals surface area contributed by atoms with Gasteiger partial charge >= 0.3 is 0 Å². The van der Waals surface area contributed by atoms with Crippen molar-refractivity contribution in [3.63, 3.8) is 0 Å². The number of nitrogens with one attached hydrogen (secondary N) is 1. The molecule has 1 atom stereocenters. The van der Waals surface area contributed by atoms with Gasteiger partial charge in [0.2, 0.25) is 10.0 Å². The van der Waals surface area contributed by atoms with Crippen molar-refractivity contribution in [2.45, 2.75) is 37.1 Å². The number of hydrogen-bond donors (Lipinski definition) is 1. The van der Waals surface area contributed by atoms with Gasteiger partial charge in [0.05, 0.1) is 4.90 Å². The van der Waals surface area contributed by atoms with Crippen LogP contribution in [0.3, 0.4) is 0 Å². The van der Waals surface area contributed by atoms with E-state index in [0.29, 0.717) is 0 Å². The first-order chi connectivity index (χ1) is 10.9. The van der Waals surface area contributed by atoms with E-state index in [9.17, 15) is 17.2 Å². The quantitative estimate of drug-likeness (QED) is 0.928. The zero-order valence-corrected chi connectivity index (χ0v) is 13.5. The van der Waals surface area contributed by atoms with Gasteiger partial charge in [-0.15, -0.1) is 0 Å². The van der Waals surface area contributed by atoms with E-state index in [1.807, 2.05) is 6.07 Å². The molecule has 0 radical (unpaired) electrons. The molecule has 3 nitrogen and oxygen atoms in total. The van der Waals surface area contributed by atoms with Gasteiger partial charge in [-0.25, -0.2) is 21.9 Å². The number of benzene rings is 2. The van der Waals surface area contributed by atoms with Crippen LogP contribution >= 0.6 is 0 Å². The van der Waals surface area contributed by atoms with E-state index >= 15 is 0 Å². The van der Waals surface area contributed by atoms with Gasteiger partial charge in [0, 0.05) is 17.7 Å². The van der Waals surface area contributed by atoms with Crippen LogP contribution < -0.4 is 4.72 Å². The molecule has 1 aliphatic carbocycles. The molecule has 3 rings (SSSR count). The Morgan fingerprint density at radius 3 is 2.52 bits per heavy atom. The Kier molecular flexibility index (Phi) is 4.21. The lowest BCUT2D eigenvalue weighted by molar-refractivity contribution is 0.540. The molecule has 0 amide bonds. The monoisotopic (exact) mass is 337 g/mol. The summed E-state index contributed by atoms with van der Waals surface area (Å²) in [7, 11) is -3.77. The maximum atomic E-state index is 13.8. The van der Waals surface area contributed by atoms with Crippen LogP contribution in [-0.4, -0.2) is 8.42 Å². The molecule has 1 unspecified atom stereocenters. The second-order valence-corrected chi connectivity index (χ2v) is 7.51. The summed E-state index contributed by atoms with van der Waals surface area (Å²) in [6.45, 7) is 1.53. The van der Waals surface area contributed by atoms with Crippen molar-refractivity contribution in [1.29, 1.82) is 0 Å². The third-order valence-electron chi connectivity index (χ3n) is 4.14. The molecular formula is C17H17F2NO2S. The SMILES string of the molecule is CC(NS(=O)(=O)c1ccc2c(c1)CCC2)c1ccc(F)cc1F. The van der Waals surface area contributed by atoms with E-state index in [2.05, 4.69) is 4.72 Å². The molecule has 23 heavy (non-hydrogen) atoms. The summed E-state index contributed by atoms with van der Waals surface area (Å²) in [6.07, 6.45) is 2.88. The summed E-state index contributed by atoms with van der Waals surface area (Å²) in [6, 6.07) is 7.39. The van der Waals surface area contributed by atoms with Gasteiger partial charge in [-0.2, -0.15) is 0 Å². The zero-order valence-electron chi connectivity index (χ0n) is 12.6. The van der Waals surface area contributed by atoms with E-state index in [1.54, 1.807) is 12.1 Å². The molecule has 0 heterocycles. The van der Waals surface area contributed by atoms with Gasteiger partial charge in [0.1, 0.15) is 11.6 Å². The second-order valence-electron chi connectivity index (χ2n) is 5.79. The van der Waals surface area contributed by atoms with E-state index in [1.165, 1.54) is 18.6 Å². The van der Waals surface area contributed by atoms with Crippen molar-refractivity contribution in [3.8, 4) is 0 Å². The molecule has 2 aromatic carbocycles. The Bertz CT molecular complexity index is 850. The fourth-order valence-electron chi connectivity index (χ4n) is 2.93. The molecule has 0 aromatic heterocycles. The van der Waals surface area contributed by atoms with Crippen molar-refractivity contribution in [2.24, 2.45) is 0 Å². The first-order valence-electron chi connectivity index (χ1n) is 7.46. The normalized spacial score (nSPS) is 15.4. The molecule has 0 saturated carbocycles. The minimum Gasteiger partial charge on any atom is -0.207 e. The topological polar surface area (TPSA) is 46.2 Å². The maximum Gasteiger partial charge on any atom is 0.241 e. The number of halogens is 2. The van der Waals surface area contributed by atoms with Gasteiger partial charge in [-0.3, -0.25) is 0 Å². The highest BCUT2D eigenvalue weighted by atomic mass is 32.2. The predicted molar refractivity (Wildman–Crippen MR) is 83.6 cm³/mol. The minimum absolute atomic E-state index is 0.108. The van der Waals surface area contributed by atoms with Crippen LogP contribution in [0.5, 0.6) is 0 Å². The molecule has 122 valence electrons. The Balaban J connectivity index is 1.86. The predicted octanol–water partition coefficient (Wildman–Crippen LogP) is 3.49.